The van der Waals surface area contributed by atoms with E-state index in [-0.39, 0.29) is 6.04 Å². The average Bonchev–Trinajstić information content (AvgIpc) is 3.10. The molecule has 2 unspecified atom stereocenters. The number of carboxylic acids is 1. The number of rotatable bonds is 4. The Hall–Kier alpha value is -0.260. The quantitative estimate of drug-likeness (QED) is 0.856. The number of carboxylic acid groups (broad SMARTS) is 1. The van der Waals surface area contributed by atoms with Crippen molar-refractivity contribution in [2.24, 2.45) is 5.92 Å². The molecule has 2 atom stereocenters. The van der Waals surface area contributed by atoms with Gasteiger partial charge in [0.05, 0.1) is 0 Å². The highest BCUT2D eigenvalue weighted by atomic mass is 32.2. The van der Waals surface area contributed by atoms with E-state index in [0.29, 0.717) is 6.04 Å². The van der Waals surface area contributed by atoms with Crippen molar-refractivity contribution < 1.29 is 9.90 Å². The Morgan fingerprint density at radius 3 is 2.60 bits per heavy atom. The van der Waals surface area contributed by atoms with Crippen LogP contribution in [0.4, 0.5) is 0 Å². The molecule has 0 aliphatic carbocycles. The Kier molecular flexibility index (Phi) is 4.89. The van der Waals surface area contributed by atoms with Gasteiger partial charge in [-0.3, -0.25) is 9.69 Å². The maximum absolute atomic E-state index is 11.3. The normalized spacial score (nSPS) is 33.8. The van der Waals surface area contributed by atoms with E-state index in [1.54, 1.807) is 0 Å². The van der Waals surface area contributed by atoms with Crippen LogP contribution in [-0.2, 0) is 4.79 Å². The van der Waals surface area contributed by atoms with Crippen molar-refractivity contribution in [2.75, 3.05) is 37.7 Å². The maximum atomic E-state index is 11.3. The standard InChI is InChI=1S/C15H26N2O2S/c18-15(19)14-2-1-6-17(14)13-3-7-16(8-4-13)10-12-5-9-20-11-12/h12-14H,1-11H2,(H,18,19). The van der Waals surface area contributed by atoms with Crippen molar-refractivity contribution in [2.45, 2.75) is 44.2 Å². The van der Waals surface area contributed by atoms with Gasteiger partial charge >= 0.3 is 5.97 Å². The molecule has 1 N–H and O–H groups in total. The highest BCUT2D eigenvalue weighted by Crippen LogP contribution is 2.28. The molecule has 0 bridgehead atoms. The van der Waals surface area contributed by atoms with Crippen LogP contribution < -0.4 is 0 Å². The largest absolute Gasteiger partial charge is 0.480 e. The first kappa shape index (κ1) is 14.7. The van der Waals surface area contributed by atoms with Crippen LogP contribution in [0.15, 0.2) is 0 Å². The summed E-state index contributed by atoms with van der Waals surface area (Å²) in [5.74, 6) is 2.96. The highest BCUT2D eigenvalue weighted by Gasteiger charge is 2.36. The molecule has 0 amide bonds. The van der Waals surface area contributed by atoms with Crippen LogP contribution in [0.5, 0.6) is 0 Å². The zero-order valence-electron chi connectivity index (χ0n) is 12.2. The van der Waals surface area contributed by atoms with Crippen LogP contribution in [0.1, 0.15) is 32.1 Å². The molecule has 3 saturated heterocycles. The van der Waals surface area contributed by atoms with Gasteiger partial charge in [0.25, 0.3) is 0 Å². The van der Waals surface area contributed by atoms with Gasteiger partial charge in [-0.15, -0.1) is 0 Å². The van der Waals surface area contributed by atoms with E-state index in [2.05, 4.69) is 21.6 Å². The monoisotopic (exact) mass is 298 g/mol. The summed E-state index contributed by atoms with van der Waals surface area (Å²) in [4.78, 5) is 16.2. The summed E-state index contributed by atoms with van der Waals surface area (Å²) in [6.07, 6.45) is 5.59. The molecule has 3 fully saturated rings. The third kappa shape index (κ3) is 3.31. The molecule has 3 heterocycles. The number of carbonyl (C=O) groups is 1. The molecule has 0 spiro atoms. The number of piperidine rings is 1. The van der Waals surface area contributed by atoms with Gasteiger partial charge in [-0.2, -0.15) is 11.8 Å². The number of hydrogen-bond donors (Lipinski definition) is 1. The van der Waals surface area contributed by atoms with Crippen LogP contribution in [0.25, 0.3) is 0 Å². The van der Waals surface area contributed by atoms with Gasteiger partial charge in [-0.25, -0.2) is 0 Å². The fourth-order valence-electron chi connectivity index (χ4n) is 4.02. The number of likely N-dealkylation sites (tertiary alicyclic amines) is 2. The molecule has 0 saturated carbocycles. The molecule has 0 aromatic carbocycles. The van der Waals surface area contributed by atoms with Gasteiger partial charge in [0.1, 0.15) is 6.04 Å². The molecule has 4 nitrogen and oxygen atoms in total. The van der Waals surface area contributed by atoms with Crippen LogP contribution >= 0.6 is 11.8 Å². The Labute approximate surface area is 125 Å². The second-order valence-electron chi connectivity index (χ2n) is 6.50. The summed E-state index contributed by atoms with van der Waals surface area (Å²) < 4.78 is 0. The van der Waals surface area contributed by atoms with Gasteiger partial charge in [-0.1, -0.05) is 0 Å². The second kappa shape index (κ2) is 6.67. The first-order valence-electron chi connectivity index (χ1n) is 8.02. The fraction of sp³-hybridized carbons (Fsp3) is 0.933. The van der Waals surface area contributed by atoms with E-state index < -0.39 is 5.97 Å². The highest BCUT2D eigenvalue weighted by molar-refractivity contribution is 7.99. The lowest BCUT2D eigenvalue weighted by Gasteiger charge is -2.39. The van der Waals surface area contributed by atoms with Crippen LogP contribution in [-0.4, -0.2) is 70.6 Å². The van der Waals surface area contributed by atoms with Crippen molar-refractivity contribution in [1.29, 1.82) is 0 Å². The zero-order chi connectivity index (χ0) is 13.9. The van der Waals surface area contributed by atoms with E-state index in [1.165, 1.54) is 24.5 Å². The zero-order valence-corrected chi connectivity index (χ0v) is 13.0. The third-order valence-electron chi connectivity index (χ3n) is 5.15. The minimum Gasteiger partial charge on any atom is -0.480 e. The number of thioether (sulfide) groups is 1. The van der Waals surface area contributed by atoms with Crippen molar-refractivity contribution >= 4 is 17.7 Å². The Morgan fingerprint density at radius 1 is 1.15 bits per heavy atom. The first-order valence-corrected chi connectivity index (χ1v) is 9.18. The van der Waals surface area contributed by atoms with Crippen molar-refractivity contribution in [3.63, 3.8) is 0 Å². The molecule has 0 aromatic heterocycles. The lowest BCUT2D eigenvalue weighted by atomic mass is 10.00. The number of hydrogen-bond acceptors (Lipinski definition) is 4. The van der Waals surface area contributed by atoms with E-state index in [1.807, 2.05) is 0 Å². The Balaban J connectivity index is 1.46. The van der Waals surface area contributed by atoms with Gasteiger partial charge in [-0.05, 0) is 69.2 Å². The molecule has 114 valence electrons. The number of aliphatic carboxylic acids is 1. The SMILES string of the molecule is O=C(O)C1CCCN1C1CCN(CC2CCSC2)CC1. The van der Waals surface area contributed by atoms with Crippen molar-refractivity contribution in [3.8, 4) is 0 Å². The summed E-state index contributed by atoms with van der Waals surface area (Å²) in [5, 5.41) is 9.30. The maximum Gasteiger partial charge on any atom is 0.320 e. The van der Waals surface area contributed by atoms with Gasteiger partial charge in [0.2, 0.25) is 0 Å². The first-order chi connectivity index (χ1) is 9.74. The molecule has 0 aromatic rings. The molecule has 3 aliphatic heterocycles. The molecule has 20 heavy (non-hydrogen) atoms. The van der Waals surface area contributed by atoms with E-state index in [9.17, 15) is 9.90 Å². The Bertz CT molecular complexity index is 339. The Morgan fingerprint density at radius 2 is 1.95 bits per heavy atom. The van der Waals surface area contributed by atoms with E-state index >= 15 is 0 Å². The average molecular weight is 298 g/mol. The van der Waals surface area contributed by atoms with Crippen LogP contribution in [0.2, 0.25) is 0 Å². The molecule has 0 radical (unpaired) electrons. The number of nitrogens with zero attached hydrogens (tertiary/aromatic N) is 2. The fourth-order valence-corrected chi connectivity index (χ4v) is 5.29. The minimum atomic E-state index is -0.618. The van der Waals surface area contributed by atoms with E-state index in [0.717, 1.165) is 51.2 Å². The lowest BCUT2D eigenvalue weighted by molar-refractivity contribution is -0.143. The summed E-state index contributed by atoms with van der Waals surface area (Å²) in [6.45, 7) is 4.58. The molecule has 5 heteroatoms. The van der Waals surface area contributed by atoms with Crippen LogP contribution in [0.3, 0.4) is 0 Å². The molecular weight excluding hydrogens is 272 g/mol. The molecule has 3 rings (SSSR count). The predicted molar refractivity (Wildman–Crippen MR) is 82.3 cm³/mol. The van der Waals surface area contributed by atoms with Gasteiger partial charge in [0.15, 0.2) is 0 Å². The summed E-state index contributed by atoms with van der Waals surface area (Å²) in [5.41, 5.74) is 0. The van der Waals surface area contributed by atoms with E-state index in [4.69, 9.17) is 0 Å². The van der Waals surface area contributed by atoms with Crippen molar-refractivity contribution in [3.05, 3.63) is 0 Å². The topological polar surface area (TPSA) is 43.8 Å². The predicted octanol–water partition coefficient (Wildman–Crippen LogP) is 1.75. The molecule has 3 aliphatic rings. The lowest BCUT2D eigenvalue weighted by Crippen LogP contribution is -2.49. The van der Waals surface area contributed by atoms with Crippen molar-refractivity contribution in [1.82, 2.24) is 9.80 Å². The summed E-state index contributed by atoms with van der Waals surface area (Å²) in [7, 11) is 0. The van der Waals surface area contributed by atoms with Gasteiger partial charge < -0.3 is 10.0 Å². The third-order valence-corrected chi connectivity index (χ3v) is 6.38. The summed E-state index contributed by atoms with van der Waals surface area (Å²) in [6, 6.07) is 0.297. The second-order valence-corrected chi connectivity index (χ2v) is 7.65. The summed E-state index contributed by atoms with van der Waals surface area (Å²) >= 11 is 2.10. The molecular formula is C15H26N2O2S. The minimum absolute atomic E-state index is 0.210. The smallest absolute Gasteiger partial charge is 0.320 e. The van der Waals surface area contributed by atoms with Gasteiger partial charge in [0, 0.05) is 12.6 Å². The van der Waals surface area contributed by atoms with Crippen LogP contribution in [0, 0.1) is 5.92 Å².